The Balaban J connectivity index is 1.77. The second kappa shape index (κ2) is 6.75. The summed E-state index contributed by atoms with van der Waals surface area (Å²) < 4.78 is 0.984. The molecule has 3 nitrogen and oxygen atoms in total. The van der Waals surface area contributed by atoms with Gasteiger partial charge in [-0.15, -0.1) is 11.3 Å². The number of carbonyl (C=O) groups is 1. The number of thioether (sulfide) groups is 1. The fourth-order valence-electron chi connectivity index (χ4n) is 2.56. The van der Waals surface area contributed by atoms with Crippen LogP contribution in [-0.4, -0.2) is 22.7 Å². The van der Waals surface area contributed by atoms with Crippen LogP contribution in [0.5, 0.6) is 0 Å². The van der Waals surface area contributed by atoms with Gasteiger partial charge in [-0.1, -0.05) is 38.5 Å². The van der Waals surface area contributed by atoms with Crippen LogP contribution >= 0.6 is 23.1 Å². The molecule has 0 aromatic carbocycles. The third kappa shape index (κ3) is 4.21. The van der Waals surface area contributed by atoms with E-state index >= 15 is 0 Å². The summed E-state index contributed by atoms with van der Waals surface area (Å²) in [5.41, 5.74) is 1.03. The van der Waals surface area contributed by atoms with E-state index in [0.29, 0.717) is 23.6 Å². The van der Waals surface area contributed by atoms with E-state index < -0.39 is 0 Å². The number of nitrogens with zero attached hydrogens (tertiary/aromatic N) is 1. The maximum Gasteiger partial charge on any atom is 0.230 e. The molecular formula is C14H22N2OS2. The van der Waals surface area contributed by atoms with Gasteiger partial charge in [0.1, 0.15) is 0 Å². The maximum atomic E-state index is 12.0. The Bertz CT molecular complexity index is 433. The largest absolute Gasteiger partial charge is 0.352 e. The summed E-state index contributed by atoms with van der Waals surface area (Å²) in [7, 11) is 0. The molecule has 0 radical (unpaired) electrons. The molecule has 0 spiro atoms. The number of amides is 1. The zero-order valence-electron chi connectivity index (χ0n) is 11.8. The predicted octanol–water partition coefficient (Wildman–Crippen LogP) is 3.48. The summed E-state index contributed by atoms with van der Waals surface area (Å²) in [5.74, 6) is 1.92. The summed E-state index contributed by atoms with van der Waals surface area (Å²) >= 11 is 3.15. The molecule has 1 amide bonds. The highest BCUT2D eigenvalue weighted by Gasteiger charge is 2.27. The van der Waals surface area contributed by atoms with E-state index in [2.05, 4.69) is 24.1 Å². The first-order valence-electron chi connectivity index (χ1n) is 6.90. The highest BCUT2D eigenvalue weighted by Crippen LogP contribution is 2.29. The Kier molecular flexibility index (Phi) is 5.28. The summed E-state index contributed by atoms with van der Waals surface area (Å²) in [6.45, 7) is 6.52. The van der Waals surface area contributed by atoms with Gasteiger partial charge >= 0.3 is 0 Å². The Morgan fingerprint density at radius 3 is 3.00 bits per heavy atom. The molecule has 1 aromatic heterocycles. The van der Waals surface area contributed by atoms with Gasteiger partial charge in [0.2, 0.25) is 5.91 Å². The molecular weight excluding hydrogens is 276 g/mol. The Morgan fingerprint density at radius 1 is 1.53 bits per heavy atom. The minimum atomic E-state index is 0.142. The molecule has 0 saturated heterocycles. The van der Waals surface area contributed by atoms with Gasteiger partial charge in [0.15, 0.2) is 4.34 Å². The lowest BCUT2D eigenvalue weighted by Gasteiger charge is -2.34. The lowest BCUT2D eigenvalue weighted by atomic mass is 9.78. The van der Waals surface area contributed by atoms with Crippen molar-refractivity contribution in [3.05, 3.63) is 11.1 Å². The SMILES string of the molecule is Cc1csc(SCC(=O)N[C@@H]2CCC[C@H](C)[C@@H]2C)n1. The molecule has 1 heterocycles. The fourth-order valence-corrected chi connectivity index (χ4v) is 4.22. The van der Waals surface area contributed by atoms with Gasteiger partial charge in [0.25, 0.3) is 0 Å². The third-order valence-electron chi connectivity index (χ3n) is 3.98. The van der Waals surface area contributed by atoms with Gasteiger partial charge in [0, 0.05) is 17.1 Å². The molecule has 2 rings (SSSR count). The molecule has 1 aliphatic carbocycles. The molecule has 1 aromatic rings. The highest BCUT2D eigenvalue weighted by molar-refractivity contribution is 8.01. The second-order valence-electron chi connectivity index (χ2n) is 5.48. The smallest absolute Gasteiger partial charge is 0.230 e. The number of nitrogens with one attached hydrogen (secondary N) is 1. The lowest BCUT2D eigenvalue weighted by Crippen LogP contribution is -2.44. The van der Waals surface area contributed by atoms with E-state index in [1.54, 1.807) is 11.3 Å². The number of aryl methyl sites for hydroxylation is 1. The first kappa shape index (κ1) is 14.9. The monoisotopic (exact) mass is 298 g/mol. The number of hydrogen-bond acceptors (Lipinski definition) is 4. The van der Waals surface area contributed by atoms with Gasteiger partial charge in [-0.05, 0) is 25.2 Å². The van der Waals surface area contributed by atoms with Crippen LogP contribution < -0.4 is 5.32 Å². The topological polar surface area (TPSA) is 42.0 Å². The molecule has 0 bridgehead atoms. The zero-order valence-corrected chi connectivity index (χ0v) is 13.4. The van der Waals surface area contributed by atoms with Crippen molar-refractivity contribution < 1.29 is 4.79 Å². The van der Waals surface area contributed by atoms with E-state index in [-0.39, 0.29) is 5.91 Å². The van der Waals surface area contributed by atoms with E-state index in [0.717, 1.165) is 16.5 Å². The van der Waals surface area contributed by atoms with Crippen LogP contribution in [0.15, 0.2) is 9.72 Å². The van der Waals surface area contributed by atoms with E-state index in [4.69, 9.17) is 0 Å². The maximum absolute atomic E-state index is 12.0. The van der Waals surface area contributed by atoms with Crippen molar-refractivity contribution in [2.24, 2.45) is 11.8 Å². The van der Waals surface area contributed by atoms with E-state index in [1.807, 2.05) is 12.3 Å². The minimum absolute atomic E-state index is 0.142. The van der Waals surface area contributed by atoms with Crippen LogP contribution in [0.3, 0.4) is 0 Å². The molecule has 106 valence electrons. The second-order valence-corrected chi connectivity index (χ2v) is 7.57. The number of thiazole rings is 1. The molecule has 0 unspecified atom stereocenters. The first-order chi connectivity index (χ1) is 9.06. The van der Waals surface area contributed by atoms with Crippen LogP contribution in [0.4, 0.5) is 0 Å². The number of aromatic nitrogens is 1. The molecule has 3 atom stereocenters. The van der Waals surface area contributed by atoms with Crippen LogP contribution in [0.1, 0.15) is 38.8 Å². The standard InChI is InChI=1S/C14H22N2OS2/c1-9-5-4-6-12(11(9)3)16-13(17)8-19-14-15-10(2)7-18-14/h7,9,11-12H,4-6,8H2,1-3H3,(H,16,17)/t9-,11-,12+/m0/s1. The number of hydrogen-bond donors (Lipinski definition) is 1. The van der Waals surface area contributed by atoms with E-state index in [1.165, 1.54) is 24.6 Å². The van der Waals surface area contributed by atoms with Crippen molar-refractivity contribution in [3.63, 3.8) is 0 Å². The lowest BCUT2D eigenvalue weighted by molar-refractivity contribution is -0.119. The average Bonchev–Trinajstić information content (AvgIpc) is 2.78. The van der Waals surface area contributed by atoms with Crippen LogP contribution in [0.25, 0.3) is 0 Å². The van der Waals surface area contributed by atoms with Gasteiger partial charge in [-0.2, -0.15) is 0 Å². The highest BCUT2D eigenvalue weighted by atomic mass is 32.2. The van der Waals surface area contributed by atoms with Gasteiger partial charge in [-0.3, -0.25) is 4.79 Å². The van der Waals surface area contributed by atoms with Crippen LogP contribution in [0.2, 0.25) is 0 Å². The third-order valence-corrected chi connectivity index (χ3v) is 6.12. The van der Waals surface area contributed by atoms with Crippen LogP contribution in [-0.2, 0) is 4.79 Å². The molecule has 19 heavy (non-hydrogen) atoms. The molecule has 1 fully saturated rings. The number of rotatable bonds is 4. The van der Waals surface area contributed by atoms with Gasteiger partial charge < -0.3 is 5.32 Å². The molecule has 1 aliphatic rings. The average molecular weight is 298 g/mol. The molecule has 5 heteroatoms. The van der Waals surface area contributed by atoms with Crippen molar-refractivity contribution in [3.8, 4) is 0 Å². The quantitative estimate of drug-likeness (QED) is 0.865. The van der Waals surface area contributed by atoms with Gasteiger partial charge in [-0.25, -0.2) is 4.98 Å². The number of carbonyl (C=O) groups excluding carboxylic acids is 1. The fraction of sp³-hybridized carbons (Fsp3) is 0.714. The molecule has 0 aliphatic heterocycles. The van der Waals surface area contributed by atoms with Crippen molar-refractivity contribution >= 4 is 29.0 Å². The summed E-state index contributed by atoms with van der Waals surface area (Å²) in [6.07, 6.45) is 3.65. The van der Waals surface area contributed by atoms with Gasteiger partial charge in [0.05, 0.1) is 5.75 Å². The van der Waals surface area contributed by atoms with Crippen molar-refractivity contribution in [1.82, 2.24) is 10.3 Å². The molecule has 1 N–H and O–H groups in total. The summed E-state index contributed by atoms with van der Waals surface area (Å²) in [5, 5.41) is 5.21. The minimum Gasteiger partial charge on any atom is -0.352 e. The normalized spacial score (nSPS) is 27.2. The first-order valence-corrected chi connectivity index (χ1v) is 8.77. The van der Waals surface area contributed by atoms with Crippen molar-refractivity contribution in [2.45, 2.75) is 50.4 Å². The van der Waals surface area contributed by atoms with Crippen molar-refractivity contribution in [1.29, 1.82) is 0 Å². The Morgan fingerprint density at radius 2 is 2.32 bits per heavy atom. The molecule has 1 saturated carbocycles. The van der Waals surface area contributed by atoms with Crippen molar-refractivity contribution in [2.75, 3.05) is 5.75 Å². The zero-order chi connectivity index (χ0) is 13.8. The van der Waals surface area contributed by atoms with E-state index in [9.17, 15) is 4.79 Å². The summed E-state index contributed by atoms with van der Waals surface area (Å²) in [4.78, 5) is 16.3. The van der Waals surface area contributed by atoms with Crippen LogP contribution in [0, 0.1) is 18.8 Å². The summed E-state index contributed by atoms with van der Waals surface area (Å²) in [6, 6.07) is 0.356. The predicted molar refractivity (Wildman–Crippen MR) is 81.7 cm³/mol. The Labute approximate surface area is 123 Å². The Hall–Kier alpha value is -0.550.